The van der Waals surface area contributed by atoms with Gasteiger partial charge in [0.05, 0.1) is 28.4 Å². The Kier molecular flexibility index (Phi) is 7.92. The van der Waals surface area contributed by atoms with Gasteiger partial charge in [-0.25, -0.2) is 0 Å². The molecule has 0 saturated carbocycles. The van der Waals surface area contributed by atoms with Gasteiger partial charge in [-0.1, -0.05) is 35.9 Å². The largest absolute Gasteiger partial charge is 0.497 e. The van der Waals surface area contributed by atoms with Gasteiger partial charge in [0.1, 0.15) is 33.8 Å². The van der Waals surface area contributed by atoms with E-state index in [2.05, 4.69) is 0 Å². The maximum Gasteiger partial charge on any atom is 0.219 e. The Morgan fingerprint density at radius 2 is 0.917 bits per heavy atom. The minimum atomic E-state index is 0.151. The highest BCUT2D eigenvalue weighted by atomic mass is 35.5. The Balaban J connectivity index is 1.89. The van der Waals surface area contributed by atoms with Crippen molar-refractivity contribution in [2.75, 3.05) is 28.4 Å². The third-order valence-corrected chi connectivity index (χ3v) is 5.48. The van der Waals surface area contributed by atoms with E-state index in [9.17, 15) is 0 Å². The summed E-state index contributed by atoms with van der Waals surface area (Å²) in [5.74, 6) is 3.87. The molecule has 0 spiro atoms. The predicted octanol–water partition coefficient (Wildman–Crippen LogP) is 7.75. The second-order valence-corrected chi connectivity index (χ2v) is 7.72. The highest BCUT2D eigenvalue weighted by Crippen LogP contribution is 2.58. The van der Waals surface area contributed by atoms with Crippen molar-refractivity contribution < 1.29 is 33.2 Å². The van der Waals surface area contributed by atoms with E-state index in [0.717, 1.165) is 0 Å². The lowest BCUT2D eigenvalue weighted by Gasteiger charge is -2.22. The summed E-state index contributed by atoms with van der Waals surface area (Å²) in [6.45, 7) is 0. The van der Waals surface area contributed by atoms with Crippen molar-refractivity contribution in [2.45, 2.75) is 0 Å². The number of methoxy groups -OCH3 is 4. The van der Waals surface area contributed by atoms with Crippen molar-refractivity contribution >= 4 is 11.6 Å². The minimum Gasteiger partial charge on any atom is -0.497 e. The zero-order valence-electron chi connectivity index (χ0n) is 20.2. The third kappa shape index (κ3) is 5.37. The molecule has 4 aromatic rings. The molecule has 0 aliphatic heterocycles. The molecule has 0 saturated heterocycles. The maximum absolute atomic E-state index is 6.78. The summed E-state index contributed by atoms with van der Waals surface area (Å²) >= 11 is 6.78. The van der Waals surface area contributed by atoms with Gasteiger partial charge in [-0.3, -0.25) is 0 Å². The molecule has 0 amide bonds. The summed E-state index contributed by atoms with van der Waals surface area (Å²) in [5.41, 5.74) is 0. The Bertz CT molecular complexity index is 1310. The van der Waals surface area contributed by atoms with Crippen LogP contribution in [0.4, 0.5) is 0 Å². The first-order valence-corrected chi connectivity index (χ1v) is 11.3. The fraction of sp³-hybridized carbons (Fsp3) is 0.143. The van der Waals surface area contributed by atoms with Gasteiger partial charge in [-0.2, -0.15) is 0 Å². The van der Waals surface area contributed by atoms with Crippen LogP contribution in [0.1, 0.15) is 0 Å². The van der Waals surface area contributed by atoms with Crippen molar-refractivity contribution in [1.29, 1.82) is 0 Å². The van der Waals surface area contributed by atoms with E-state index in [1.807, 2.05) is 24.3 Å². The van der Waals surface area contributed by atoms with E-state index >= 15 is 0 Å². The number of hydrogen-bond donors (Lipinski definition) is 0. The first-order chi connectivity index (χ1) is 17.6. The molecule has 8 heteroatoms. The average molecular weight is 509 g/mol. The Hall–Kier alpha value is -4.23. The molecule has 7 nitrogen and oxygen atoms in total. The lowest BCUT2D eigenvalue weighted by molar-refractivity contribution is 0.322. The highest BCUT2D eigenvalue weighted by Gasteiger charge is 2.30. The summed E-state index contributed by atoms with van der Waals surface area (Å²) in [4.78, 5) is 0. The molecule has 4 aromatic carbocycles. The molecule has 0 N–H and O–H groups in total. The van der Waals surface area contributed by atoms with Gasteiger partial charge in [0.25, 0.3) is 0 Å². The standard InChI is InChI=1S/C28H25ClO7/c1-30-18-13-15-20(16-14-18)35-28-26(33-4)25(34-19-9-6-5-7-10-19)23(29)24(32-3)27(28)36-22-12-8-11-21(17-22)31-2/h5-17H,1-4H3. The van der Waals surface area contributed by atoms with E-state index in [1.165, 1.54) is 14.2 Å². The Labute approximate surface area is 214 Å². The molecule has 0 atom stereocenters. The van der Waals surface area contributed by atoms with Gasteiger partial charge in [-0.15, -0.1) is 0 Å². The van der Waals surface area contributed by atoms with Gasteiger partial charge < -0.3 is 33.2 Å². The molecule has 0 bridgehead atoms. The molecular weight excluding hydrogens is 484 g/mol. The van der Waals surface area contributed by atoms with Crippen molar-refractivity contribution in [3.05, 3.63) is 83.9 Å². The van der Waals surface area contributed by atoms with Crippen LogP contribution in [0.3, 0.4) is 0 Å². The van der Waals surface area contributed by atoms with Gasteiger partial charge in [0, 0.05) is 6.07 Å². The summed E-state index contributed by atoms with van der Waals surface area (Å²) in [6.07, 6.45) is 0. The van der Waals surface area contributed by atoms with Crippen molar-refractivity contribution in [1.82, 2.24) is 0 Å². The van der Waals surface area contributed by atoms with Crippen molar-refractivity contribution in [3.63, 3.8) is 0 Å². The van der Waals surface area contributed by atoms with Gasteiger partial charge in [-0.05, 0) is 48.5 Å². The highest BCUT2D eigenvalue weighted by molar-refractivity contribution is 6.34. The number of hydrogen-bond acceptors (Lipinski definition) is 7. The maximum atomic E-state index is 6.78. The molecule has 186 valence electrons. The quantitative estimate of drug-likeness (QED) is 0.217. The predicted molar refractivity (Wildman–Crippen MR) is 137 cm³/mol. The number of rotatable bonds is 10. The molecule has 0 unspecified atom stereocenters. The molecule has 0 heterocycles. The van der Waals surface area contributed by atoms with Crippen LogP contribution in [-0.2, 0) is 0 Å². The van der Waals surface area contributed by atoms with E-state index < -0.39 is 0 Å². The SMILES string of the molecule is COc1ccc(Oc2c(OC)c(Oc3ccccc3)c(Cl)c(OC)c2Oc2cccc(OC)c2)cc1. The van der Waals surface area contributed by atoms with E-state index in [4.69, 9.17) is 44.8 Å². The van der Waals surface area contributed by atoms with Gasteiger partial charge in [0.15, 0.2) is 11.5 Å². The van der Waals surface area contributed by atoms with Crippen LogP contribution in [0.5, 0.6) is 57.5 Å². The van der Waals surface area contributed by atoms with E-state index in [1.54, 1.807) is 68.8 Å². The Morgan fingerprint density at radius 1 is 0.417 bits per heavy atom. The van der Waals surface area contributed by atoms with Crippen LogP contribution in [0.15, 0.2) is 78.9 Å². The average Bonchev–Trinajstić information content (AvgIpc) is 2.92. The molecule has 0 aromatic heterocycles. The van der Waals surface area contributed by atoms with Crippen LogP contribution >= 0.6 is 11.6 Å². The zero-order valence-corrected chi connectivity index (χ0v) is 21.0. The lowest BCUT2D eigenvalue weighted by atomic mass is 10.2. The summed E-state index contributed by atoms with van der Waals surface area (Å²) in [6, 6.07) is 23.4. The van der Waals surface area contributed by atoms with E-state index in [-0.39, 0.29) is 33.8 Å². The molecule has 4 rings (SSSR count). The number of para-hydroxylation sites is 1. The molecule has 0 aliphatic rings. The first-order valence-electron chi connectivity index (χ1n) is 10.9. The summed E-state index contributed by atoms with van der Waals surface area (Å²) < 4.78 is 40.6. The van der Waals surface area contributed by atoms with Crippen LogP contribution in [0, 0.1) is 0 Å². The molecular formula is C28H25ClO7. The topological polar surface area (TPSA) is 64.6 Å². The lowest BCUT2D eigenvalue weighted by Crippen LogP contribution is -2.01. The summed E-state index contributed by atoms with van der Waals surface area (Å²) in [5, 5.41) is 0.151. The van der Waals surface area contributed by atoms with E-state index in [0.29, 0.717) is 28.7 Å². The van der Waals surface area contributed by atoms with Crippen LogP contribution < -0.4 is 33.2 Å². The molecule has 0 radical (unpaired) electrons. The molecule has 0 fully saturated rings. The monoisotopic (exact) mass is 508 g/mol. The fourth-order valence-electron chi connectivity index (χ4n) is 3.41. The van der Waals surface area contributed by atoms with Crippen molar-refractivity contribution in [3.8, 4) is 57.5 Å². The van der Waals surface area contributed by atoms with Crippen LogP contribution in [0.25, 0.3) is 0 Å². The minimum absolute atomic E-state index is 0.151. The second kappa shape index (κ2) is 11.5. The third-order valence-electron chi connectivity index (χ3n) is 5.14. The second-order valence-electron chi connectivity index (χ2n) is 7.34. The normalized spacial score (nSPS) is 10.4. The molecule has 36 heavy (non-hydrogen) atoms. The van der Waals surface area contributed by atoms with Crippen molar-refractivity contribution in [2.24, 2.45) is 0 Å². The number of halogens is 1. The van der Waals surface area contributed by atoms with Crippen LogP contribution in [0.2, 0.25) is 5.02 Å². The zero-order chi connectivity index (χ0) is 25.5. The first kappa shape index (κ1) is 24.9. The summed E-state index contributed by atoms with van der Waals surface area (Å²) in [7, 11) is 6.14. The van der Waals surface area contributed by atoms with Gasteiger partial charge >= 0.3 is 0 Å². The number of benzene rings is 4. The van der Waals surface area contributed by atoms with Gasteiger partial charge in [0.2, 0.25) is 17.2 Å². The Morgan fingerprint density at radius 3 is 1.56 bits per heavy atom. The number of ether oxygens (including phenoxy) is 7. The van der Waals surface area contributed by atoms with Crippen LogP contribution in [-0.4, -0.2) is 28.4 Å². The molecule has 0 aliphatic carbocycles. The smallest absolute Gasteiger partial charge is 0.219 e. The fourth-order valence-corrected chi connectivity index (χ4v) is 3.69.